The van der Waals surface area contributed by atoms with Crippen molar-refractivity contribution in [2.24, 2.45) is 0 Å². The summed E-state index contributed by atoms with van der Waals surface area (Å²) in [5.41, 5.74) is 0.557. The second-order valence-electron chi connectivity index (χ2n) is 3.67. The lowest BCUT2D eigenvalue weighted by Gasteiger charge is -2.01. The van der Waals surface area contributed by atoms with Gasteiger partial charge in [0, 0.05) is 5.56 Å². The van der Waals surface area contributed by atoms with Gasteiger partial charge in [-0.3, -0.25) is 0 Å². The molecular formula is C11H6BrFN4O2. The lowest BCUT2D eigenvalue weighted by molar-refractivity contribution is -0.390. The number of nitro groups is 1. The van der Waals surface area contributed by atoms with Crippen LogP contribution in [0.3, 0.4) is 0 Å². The summed E-state index contributed by atoms with van der Waals surface area (Å²) in [5.74, 6) is -0.829. The molecule has 0 unspecified atom stereocenters. The minimum atomic E-state index is -0.636. The first-order chi connectivity index (χ1) is 9.01. The summed E-state index contributed by atoms with van der Waals surface area (Å²) >= 11 is 3.01. The van der Waals surface area contributed by atoms with Crippen LogP contribution in [0.15, 0.2) is 28.9 Å². The third kappa shape index (κ3) is 2.77. The Morgan fingerprint density at radius 3 is 2.89 bits per heavy atom. The second kappa shape index (κ2) is 5.16. The van der Waals surface area contributed by atoms with Gasteiger partial charge in [-0.05, 0) is 39.1 Å². The van der Waals surface area contributed by atoms with Crippen molar-refractivity contribution in [1.82, 2.24) is 9.78 Å². The maximum Gasteiger partial charge on any atom is 0.404 e. The number of hydrogen-bond acceptors (Lipinski definition) is 4. The molecule has 0 saturated carbocycles. The number of nitriles is 1. The van der Waals surface area contributed by atoms with Gasteiger partial charge in [-0.1, -0.05) is 0 Å². The van der Waals surface area contributed by atoms with Gasteiger partial charge in [0.25, 0.3) is 0 Å². The molecule has 0 bridgehead atoms. The van der Waals surface area contributed by atoms with E-state index in [4.69, 9.17) is 5.26 Å². The van der Waals surface area contributed by atoms with Crippen LogP contribution in [0.5, 0.6) is 0 Å². The zero-order valence-electron chi connectivity index (χ0n) is 9.38. The van der Waals surface area contributed by atoms with E-state index in [1.54, 1.807) is 0 Å². The normalized spacial score (nSPS) is 10.2. The van der Waals surface area contributed by atoms with E-state index in [1.165, 1.54) is 29.1 Å². The third-order valence-electron chi connectivity index (χ3n) is 2.38. The first-order valence-corrected chi connectivity index (χ1v) is 5.86. The molecule has 1 heterocycles. The molecule has 0 aliphatic rings. The number of rotatable bonds is 3. The van der Waals surface area contributed by atoms with Crippen molar-refractivity contribution in [1.29, 1.82) is 5.26 Å². The minimum absolute atomic E-state index is 0.00773. The maximum absolute atomic E-state index is 13.6. The molecule has 19 heavy (non-hydrogen) atoms. The van der Waals surface area contributed by atoms with Crippen molar-refractivity contribution in [3.8, 4) is 6.07 Å². The van der Waals surface area contributed by atoms with Gasteiger partial charge in [-0.25, -0.2) is 4.39 Å². The molecule has 0 amide bonds. The molecule has 0 fully saturated rings. The fourth-order valence-electron chi connectivity index (χ4n) is 1.53. The third-order valence-corrected chi connectivity index (χ3v) is 2.94. The quantitative estimate of drug-likeness (QED) is 0.641. The highest BCUT2D eigenvalue weighted by Gasteiger charge is 2.19. The van der Waals surface area contributed by atoms with Crippen molar-refractivity contribution < 1.29 is 9.31 Å². The van der Waals surface area contributed by atoms with E-state index in [1.807, 2.05) is 6.07 Å². The lowest BCUT2D eigenvalue weighted by atomic mass is 10.1. The predicted molar refractivity (Wildman–Crippen MR) is 66.8 cm³/mol. The zero-order valence-corrected chi connectivity index (χ0v) is 11.0. The van der Waals surface area contributed by atoms with Crippen LogP contribution in [-0.4, -0.2) is 14.7 Å². The fourth-order valence-corrected chi connectivity index (χ4v) is 1.99. The lowest BCUT2D eigenvalue weighted by Crippen LogP contribution is -2.03. The Labute approximate surface area is 115 Å². The summed E-state index contributed by atoms with van der Waals surface area (Å²) in [6.45, 7) is 0.00773. The van der Waals surface area contributed by atoms with Crippen molar-refractivity contribution in [2.75, 3.05) is 0 Å². The maximum atomic E-state index is 13.6. The highest BCUT2D eigenvalue weighted by atomic mass is 79.9. The number of benzene rings is 1. The topological polar surface area (TPSA) is 84.8 Å². The summed E-state index contributed by atoms with van der Waals surface area (Å²) in [7, 11) is 0. The van der Waals surface area contributed by atoms with E-state index < -0.39 is 10.7 Å². The van der Waals surface area contributed by atoms with Crippen LogP contribution in [0, 0.1) is 27.3 Å². The van der Waals surface area contributed by atoms with Gasteiger partial charge in [0.05, 0.1) is 29.5 Å². The highest BCUT2D eigenvalue weighted by molar-refractivity contribution is 9.10. The Morgan fingerprint density at radius 1 is 1.58 bits per heavy atom. The van der Waals surface area contributed by atoms with Gasteiger partial charge < -0.3 is 10.1 Å². The van der Waals surface area contributed by atoms with Gasteiger partial charge in [0.2, 0.25) is 0 Å². The molecule has 6 nitrogen and oxygen atoms in total. The Morgan fingerprint density at radius 2 is 2.32 bits per heavy atom. The summed E-state index contributed by atoms with van der Waals surface area (Å²) < 4.78 is 15.0. The van der Waals surface area contributed by atoms with Crippen LogP contribution in [0.1, 0.15) is 11.1 Å². The molecule has 0 aliphatic heterocycles. The van der Waals surface area contributed by atoms with E-state index in [-0.39, 0.29) is 22.4 Å². The average molecular weight is 325 g/mol. The van der Waals surface area contributed by atoms with E-state index in [0.29, 0.717) is 5.56 Å². The smallest absolute Gasteiger partial charge is 0.358 e. The molecular weight excluding hydrogens is 319 g/mol. The van der Waals surface area contributed by atoms with Crippen LogP contribution in [0.2, 0.25) is 0 Å². The summed E-state index contributed by atoms with van der Waals surface area (Å²) in [6.07, 6.45) is 1.39. The van der Waals surface area contributed by atoms with Gasteiger partial charge in [0.1, 0.15) is 10.3 Å². The SMILES string of the molecule is N#Cc1ccc(F)c(Cn2cc(Br)c([N+](=O)[O-])n2)c1. The van der Waals surface area contributed by atoms with Crippen molar-refractivity contribution in [2.45, 2.75) is 6.54 Å². The molecule has 0 radical (unpaired) electrons. The number of hydrogen-bond donors (Lipinski definition) is 0. The van der Waals surface area contributed by atoms with Gasteiger partial charge in [0.15, 0.2) is 0 Å². The fraction of sp³-hybridized carbons (Fsp3) is 0.0909. The molecule has 0 aliphatic carbocycles. The average Bonchev–Trinajstić information content (AvgIpc) is 2.73. The van der Waals surface area contributed by atoms with Crippen molar-refractivity contribution in [3.63, 3.8) is 0 Å². The molecule has 0 N–H and O–H groups in total. The zero-order chi connectivity index (χ0) is 14.0. The van der Waals surface area contributed by atoms with E-state index in [0.717, 1.165) is 0 Å². The molecule has 0 spiro atoms. The predicted octanol–water partition coefficient (Wildman–Crippen LogP) is 2.61. The number of halogens is 2. The summed E-state index contributed by atoms with van der Waals surface area (Å²) in [6, 6.07) is 5.83. The van der Waals surface area contributed by atoms with Crippen LogP contribution in [-0.2, 0) is 6.54 Å². The van der Waals surface area contributed by atoms with Crippen molar-refractivity contribution >= 4 is 21.7 Å². The van der Waals surface area contributed by atoms with E-state index in [9.17, 15) is 14.5 Å². The molecule has 2 aromatic rings. The van der Waals surface area contributed by atoms with Gasteiger partial charge in [-0.2, -0.15) is 9.94 Å². The largest absolute Gasteiger partial charge is 0.404 e. The van der Waals surface area contributed by atoms with Gasteiger partial charge in [-0.15, -0.1) is 0 Å². The molecule has 8 heteroatoms. The standard InChI is InChI=1S/C11H6BrFN4O2/c12-9-6-16(15-11(9)17(18)19)5-8-3-7(4-14)1-2-10(8)13/h1-3,6H,5H2. The summed E-state index contributed by atoms with van der Waals surface area (Å²) in [4.78, 5) is 10.0. The second-order valence-corrected chi connectivity index (χ2v) is 4.53. The van der Waals surface area contributed by atoms with E-state index >= 15 is 0 Å². The van der Waals surface area contributed by atoms with Crippen LogP contribution in [0.4, 0.5) is 10.2 Å². The minimum Gasteiger partial charge on any atom is -0.358 e. The van der Waals surface area contributed by atoms with Gasteiger partial charge >= 0.3 is 5.82 Å². The monoisotopic (exact) mass is 324 g/mol. The Bertz CT molecular complexity index is 692. The first-order valence-electron chi connectivity index (χ1n) is 5.07. The van der Waals surface area contributed by atoms with Crippen LogP contribution in [0.25, 0.3) is 0 Å². The van der Waals surface area contributed by atoms with Crippen molar-refractivity contribution in [3.05, 3.63) is 55.9 Å². The van der Waals surface area contributed by atoms with Crippen LogP contribution >= 0.6 is 15.9 Å². The molecule has 0 atom stereocenters. The number of nitrogens with zero attached hydrogens (tertiary/aromatic N) is 4. The molecule has 1 aromatic carbocycles. The summed E-state index contributed by atoms with van der Waals surface area (Å²) in [5, 5.41) is 23.1. The molecule has 1 aromatic heterocycles. The molecule has 0 saturated heterocycles. The Hall–Kier alpha value is -2.27. The number of aromatic nitrogens is 2. The molecule has 96 valence electrons. The van der Waals surface area contributed by atoms with Crippen LogP contribution < -0.4 is 0 Å². The Kier molecular flexibility index (Phi) is 3.57. The van der Waals surface area contributed by atoms with E-state index in [2.05, 4.69) is 21.0 Å². The first kappa shape index (κ1) is 13.2. The highest BCUT2D eigenvalue weighted by Crippen LogP contribution is 2.23. The molecule has 2 rings (SSSR count). The Balaban J connectivity index is 2.34.